The van der Waals surface area contributed by atoms with Gasteiger partial charge in [-0.05, 0) is 12.1 Å². The summed E-state index contributed by atoms with van der Waals surface area (Å²) >= 11 is 0. The van der Waals surface area contributed by atoms with E-state index in [1.165, 1.54) is 12.1 Å². The van der Waals surface area contributed by atoms with Gasteiger partial charge in [0.1, 0.15) is 17.6 Å². The molecule has 1 saturated heterocycles. The maximum atomic E-state index is 9.26. The van der Waals surface area contributed by atoms with Crippen LogP contribution < -0.4 is 0 Å². The maximum Gasteiger partial charge on any atom is 0.125 e. The summed E-state index contributed by atoms with van der Waals surface area (Å²) in [5.41, 5.74) is 0.753. The molecular weight excluding hydrogens is 144 g/mol. The van der Waals surface area contributed by atoms with Gasteiger partial charge in [0.2, 0.25) is 0 Å². The van der Waals surface area contributed by atoms with Crippen molar-refractivity contribution in [3.05, 3.63) is 23.8 Å². The molecular formula is C8H8O3. The number of phenolic OH excluding ortho intramolecular Hbond substituents is 2. The predicted octanol–water partition coefficient (Wildman–Crippen LogP) is 1.17. The average Bonchev–Trinajstić information content (AvgIpc) is 2.70. The van der Waals surface area contributed by atoms with Crippen molar-refractivity contribution in [2.45, 2.75) is 6.10 Å². The van der Waals surface area contributed by atoms with Crippen molar-refractivity contribution in [2.24, 2.45) is 0 Å². The molecule has 3 nitrogen and oxygen atoms in total. The first kappa shape index (κ1) is 6.49. The van der Waals surface area contributed by atoms with Crippen LogP contribution in [0.3, 0.4) is 0 Å². The molecule has 1 fully saturated rings. The summed E-state index contributed by atoms with van der Waals surface area (Å²) in [5.74, 6) is 0.180. The fourth-order valence-corrected chi connectivity index (χ4v) is 1.03. The van der Waals surface area contributed by atoms with Crippen LogP contribution in [0.25, 0.3) is 0 Å². The minimum Gasteiger partial charge on any atom is -0.508 e. The van der Waals surface area contributed by atoms with E-state index in [0.29, 0.717) is 6.61 Å². The van der Waals surface area contributed by atoms with Crippen LogP contribution in [0.2, 0.25) is 0 Å². The molecule has 0 bridgehead atoms. The molecule has 0 aromatic heterocycles. The van der Waals surface area contributed by atoms with Crippen molar-refractivity contribution in [1.82, 2.24) is 0 Å². The number of aromatic hydroxyl groups is 2. The van der Waals surface area contributed by atoms with Gasteiger partial charge in [0.25, 0.3) is 0 Å². The van der Waals surface area contributed by atoms with Gasteiger partial charge < -0.3 is 14.9 Å². The Bertz CT molecular complexity index is 279. The van der Waals surface area contributed by atoms with Crippen LogP contribution in [-0.4, -0.2) is 16.8 Å². The molecule has 1 heterocycles. The summed E-state index contributed by atoms with van der Waals surface area (Å²) in [7, 11) is 0. The summed E-state index contributed by atoms with van der Waals surface area (Å²) in [6.45, 7) is 0.665. The highest BCUT2D eigenvalue weighted by atomic mass is 16.6. The fraction of sp³-hybridized carbons (Fsp3) is 0.250. The van der Waals surface area contributed by atoms with Crippen molar-refractivity contribution in [2.75, 3.05) is 6.61 Å². The molecule has 0 saturated carbocycles. The van der Waals surface area contributed by atoms with Gasteiger partial charge in [-0.1, -0.05) is 0 Å². The van der Waals surface area contributed by atoms with E-state index in [0.717, 1.165) is 5.56 Å². The minimum atomic E-state index is 0.0376. The Morgan fingerprint density at radius 3 is 2.64 bits per heavy atom. The predicted molar refractivity (Wildman–Crippen MR) is 38.5 cm³/mol. The highest BCUT2D eigenvalue weighted by Gasteiger charge is 2.27. The maximum absolute atomic E-state index is 9.26. The molecule has 1 aromatic carbocycles. The summed E-state index contributed by atoms with van der Waals surface area (Å²) in [5, 5.41) is 18.2. The molecule has 2 N–H and O–H groups in total. The van der Waals surface area contributed by atoms with Gasteiger partial charge in [-0.3, -0.25) is 0 Å². The number of epoxide rings is 1. The Morgan fingerprint density at radius 1 is 1.36 bits per heavy atom. The van der Waals surface area contributed by atoms with Crippen molar-refractivity contribution < 1.29 is 14.9 Å². The molecule has 1 aliphatic rings. The molecule has 0 amide bonds. The summed E-state index contributed by atoms with van der Waals surface area (Å²) in [6.07, 6.45) is 0.0376. The molecule has 0 aliphatic carbocycles. The SMILES string of the molecule is Oc1ccc(C2CO2)c(O)c1. The lowest BCUT2D eigenvalue weighted by atomic mass is 10.1. The van der Waals surface area contributed by atoms with E-state index in [4.69, 9.17) is 9.84 Å². The van der Waals surface area contributed by atoms with Crippen molar-refractivity contribution in [3.8, 4) is 11.5 Å². The lowest BCUT2D eigenvalue weighted by Gasteiger charge is -1.99. The lowest BCUT2D eigenvalue weighted by Crippen LogP contribution is -1.80. The third-order valence-corrected chi connectivity index (χ3v) is 1.69. The first-order valence-electron chi connectivity index (χ1n) is 3.41. The van der Waals surface area contributed by atoms with Crippen LogP contribution >= 0.6 is 0 Å². The van der Waals surface area contributed by atoms with Gasteiger partial charge in [-0.2, -0.15) is 0 Å². The van der Waals surface area contributed by atoms with Crippen LogP contribution in [0.5, 0.6) is 11.5 Å². The monoisotopic (exact) mass is 152 g/mol. The third-order valence-electron chi connectivity index (χ3n) is 1.69. The first-order valence-corrected chi connectivity index (χ1v) is 3.41. The van der Waals surface area contributed by atoms with Gasteiger partial charge in [0, 0.05) is 11.6 Å². The van der Waals surface area contributed by atoms with Crippen LogP contribution in [0.1, 0.15) is 11.7 Å². The molecule has 1 atom stereocenters. The standard InChI is InChI=1S/C8H8O3/c9-5-1-2-6(7(10)3-5)8-4-11-8/h1-3,8-10H,4H2. The number of hydrogen-bond acceptors (Lipinski definition) is 3. The molecule has 3 heteroatoms. The molecule has 58 valence electrons. The van der Waals surface area contributed by atoms with Gasteiger partial charge in [-0.15, -0.1) is 0 Å². The van der Waals surface area contributed by atoms with E-state index < -0.39 is 0 Å². The number of hydrogen-bond donors (Lipinski definition) is 2. The van der Waals surface area contributed by atoms with Crippen molar-refractivity contribution in [3.63, 3.8) is 0 Å². The van der Waals surface area contributed by atoms with E-state index in [1.807, 2.05) is 0 Å². The second-order valence-corrected chi connectivity index (χ2v) is 2.57. The summed E-state index contributed by atoms with van der Waals surface area (Å²) < 4.78 is 4.97. The lowest BCUT2D eigenvalue weighted by molar-refractivity contribution is 0.398. The van der Waals surface area contributed by atoms with Crippen LogP contribution in [0.4, 0.5) is 0 Å². The number of rotatable bonds is 1. The quantitative estimate of drug-likeness (QED) is 0.594. The fourth-order valence-electron chi connectivity index (χ4n) is 1.03. The zero-order chi connectivity index (χ0) is 7.84. The minimum absolute atomic E-state index is 0.0376. The van der Waals surface area contributed by atoms with E-state index in [9.17, 15) is 5.11 Å². The highest BCUT2D eigenvalue weighted by Crippen LogP contribution is 2.36. The van der Waals surface area contributed by atoms with Gasteiger partial charge in [0.15, 0.2) is 0 Å². The van der Waals surface area contributed by atoms with Gasteiger partial charge in [0.05, 0.1) is 6.61 Å². The van der Waals surface area contributed by atoms with Gasteiger partial charge in [-0.25, -0.2) is 0 Å². The molecule has 1 aliphatic heterocycles. The Hall–Kier alpha value is -1.22. The Morgan fingerprint density at radius 2 is 2.09 bits per heavy atom. The Labute approximate surface area is 63.9 Å². The van der Waals surface area contributed by atoms with E-state index in [2.05, 4.69) is 0 Å². The smallest absolute Gasteiger partial charge is 0.125 e. The first-order chi connectivity index (χ1) is 5.27. The van der Waals surface area contributed by atoms with E-state index in [-0.39, 0.29) is 17.6 Å². The molecule has 0 radical (unpaired) electrons. The molecule has 1 unspecified atom stereocenters. The van der Waals surface area contributed by atoms with E-state index in [1.54, 1.807) is 6.07 Å². The number of phenols is 2. The van der Waals surface area contributed by atoms with Crippen LogP contribution in [0.15, 0.2) is 18.2 Å². The average molecular weight is 152 g/mol. The summed E-state index contributed by atoms with van der Waals surface area (Å²) in [4.78, 5) is 0. The van der Waals surface area contributed by atoms with Crippen molar-refractivity contribution in [1.29, 1.82) is 0 Å². The van der Waals surface area contributed by atoms with Crippen LogP contribution in [0, 0.1) is 0 Å². The Kier molecular flexibility index (Phi) is 1.26. The Balaban J connectivity index is 2.39. The van der Waals surface area contributed by atoms with E-state index >= 15 is 0 Å². The normalized spacial score (nSPS) is 21.6. The van der Waals surface area contributed by atoms with Gasteiger partial charge >= 0.3 is 0 Å². The second-order valence-electron chi connectivity index (χ2n) is 2.57. The zero-order valence-electron chi connectivity index (χ0n) is 5.82. The molecule has 11 heavy (non-hydrogen) atoms. The number of ether oxygens (including phenoxy) is 1. The summed E-state index contributed by atoms with van der Waals surface area (Å²) in [6, 6.07) is 4.52. The topological polar surface area (TPSA) is 53.0 Å². The molecule has 2 rings (SSSR count). The third kappa shape index (κ3) is 1.14. The molecule has 0 spiro atoms. The zero-order valence-corrected chi connectivity index (χ0v) is 5.82. The molecule has 1 aromatic rings. The second kappa shape index (κ2) is 2.13. The number of benzene rings is 1. The van der Waals surface area contributed by atoms with Crippen molar-refractivity contribution >= 4 is 0 Å². The highest BCUT2D eigenvalue weighted by molar-refractivity contribution is 5.41. The largest absolute Gasteiger partial charge is 0.508 e. The van der Waals surface area contributed by atoms with Crippen LogP contribution in [-0.2, 0) is 4.74 Å².